The summed E-state index contributed by atoms with van der Waals surface area (Å²) in [6, 6.07) is 6.89. The van der Waals surface area contributed by atoms with E-state index in [1.165, 1.54) is 23.8 Å². The first-order valence-corrected chi connectivity index (χ1v) is 5.68. The van der Waals surface area contributed by atoms with Gasteiger partial charge in [-0.3, -0.25) is 10.1 Å². The van der Waals surface area contributed by atoms with E-state index in [-0.39, 0.29) is 10.6 Å². The molecule has 1 N–H and O–H groups in total. The third-order valence-corrected chi connectivity index (χ3v) is 2.58. The zero-order valence-corrected chi connectivity index (χ0v) is 9.90. The van der Waals surface area contributed by atoms with E-state index in [4.69, 9.17) is 0 Å². The van der Waals surface area contributed by atoms with E-state index in [0.29, 0.717) is 0 Å². The average Bonchev–Trinajstić information content (AvgIpc) is 2.26. The molecule has 0 radical (unpaired) electrons. The summed E-state index contributed by atoms with van der Waals surface area (Å²) >= 11 is 0. The lowest BCUT2D eigenvalue weighted by Gasteiger charge is -2.13. The molecule has 0 saturated carbocycles. The molecule has 1 unspecified atom stereocenters. The molecule has 0 saturated heterocycles. The van der Waals surface area contributed by atoms with E-state index in [9.17, 15) is 10.1 Å². The molecule has 16 heavy (non-hydrogen) atoms. The SMILES string of the molecule is CCCC[NH+](C)Cc1cccc([N+](=O)[O-])c1. The third-order valence-electron chi connectivity index (χ3n) is 2.58. The number of nitro groups is 1. The minimum absolute atomic E-state index is 0.181. The fourth-order valence-electron chi connectivity index (χ4n) is 1.70. The van der Waals surface area contributed by atoms with Crippen molar-refractivity contribution in [1.29, 1.82) is 0 Å². The van der Waals surface area contributed by atoms with Crippen LogP contribution in [0.2, 0.25) is 0 Å². The first-order chi connectivity index (χ1) is 7.63. The van der Waals surface area contributed by atoms with Crippen molar-refractivity contribution in [2.75, 3.05) is 13.6 Å². The van der Waals surface area contributed by atoms with E-state index >= 15 is 0 Å². The Hall–Kier alpha value is -1.42. The highest BCUT2D eigenvalue weighted by Gasteiger charge is 2.08. The van der Waals surface area contributed by atoms with Gasteiger partial charge in [0.1, 0.15) is 6.54 Å². The Morgan fingerprint density at radius 2 is 2.19 bits per heavy atom. The smallest absolute Gasteiger partial charge is 0.269 e. The van der Waals surface area contributed by atoms with Crippen molar-refractivity contribution in [2.24, 2.45) is 0 Å². The number of unbranched alkanes of at least 4 members (excludes halogenated alkanes) is 1. The van der Waals surface area contributed by atoms with Gasteiger partial charge in [-0.05, 0) is 6.42 Å². The Morgan fingerprint density at radius 3 is 2.81 bits per heavy atom. The van der Waals surface area contributed by atoms with Gasteiger partial charge in [-0.25, -0.2) is 0 Å². The van der Waals surface area contributed by atoms with E-state index in [2.05, 4.69) is 14.0 Å². The number of nitrogens with one attached hydrogen (secondary N) is 1. The molecule has 88 valence electrons. The molecule has 0 aromatic heterocycles. The number of non-ortho nitro benzene ring substituents is 1. The van der Waals surface area contributed by atoms with Crippen molar-refractivity contribution in [3.8, 4) is 0 Å². The number of quaternary nitrogens is 1. The molecule has 1 aromatic rings. The van der Waals surface area contributed by atoms with Gasteiger partial charge in [-0.15, -0.1) is 0 Å². The fraction of sp³-hybridized carbons (Fsp3) is 0.500. The maximum atomic E-state index is 10.6. The summed E-state index contributed by atoms with van der Waals surface area (Å²) in [5, 5.41) is 10.6. The van der Waals surface area contributed by atoms with E-state index in [1.54, 1.807) is 12.1 Å². The van der Waals surface area contributed by atoms with Gasteiger partial charge in [-0.1, -0.05) is 25.5 Å². The second kappa shape index (κ2) is 6.23. The Morgan fingerprint density at radius 1 is 1.44 bits per heavy atom. The van der Waals surface area contributed by atoms with Crippen LogP contribution in [-0.2, 0) is 6.54 Å². The Bertz CT molecular complexity index is 353. The Balaban J connectivity index is 2.59. The summed E-state index contributed by atoms with van der Waals surface area (Å²) in [7, 11) is 2.12. The van der Waals surface area contributed by atoms with Gasteiger partial charge in [-0.2, -0.15) is 0 Å². The predicted molar refractivity (Wildman–Crippen MR) is 63.5 cm³/mol. The van der Waals surface area contributed by atoms with Crippen LogP contribution < -0.4 is 4.90 Å². The molecule has 0 heterocycles. The molecule has 1 atom stereocenters. The van der Waals surface area contributed by atoms with Crippen molar-refractivity contribution >= 4 is 5.69 Å². The van der Waals surface area contributed by atoms with Crippen LogP contribution in [0, 0.1) is 10.1 Å². The maximum absolute atomic E-state index is 10.6. The summed E-state index contributed by atoms with van der Waals surface area (Å²) in [6.45, 7) is 4.13. The zero-order chi connectivity index (χ0) is 12.0. The summed E-state index contributed by atoms with van der Waals surface area (Å²) in [6.07, 6.45) is 2.38. The van der Waals surface area contributed by atoms with E-state index in [0.717, 1.165) is 18.7 Å². The molecule has 0 fully saturated rings. The topological polar surface area (TPSA) is 47.6 Å². The summed E-state index contributed by atoms with van der Waals surface area (Å²) < 4.78 is 0. The third kappa shape index (κ3) is 3.98. The molecule has 4 nitrogen and oxygen atoms in total. The van der Waals surface area contributed by atoms with Crippen LogP contribution in [0.1, 0.15) is 25.3 Å². The van der Waals surface area contributed by atoms with Gasteiger partial charge in [0.2, 0.25) is 0 Å². The first kappa shape index (κ1) is 12.6. The lowest BCUT2D eigenvalue weighted by molar-refractivity contribution is -0.894. The minimum Gasteiger partial charge on any atom is -0.334 e. The van der Waals surface area contributed by atoms with Gasteiger partial charge in [0, 0.05) is 17.7 Å². The molecule has 0 aliphatic rings. The van der Waals surface area contributed by atoms with Crippen LogP contribution in [0.4, 0.5) is 5.69 Å². The maximum Gasteiger partial charge on any atom is 0.269 e. The molecule has 0 aliphatic carbocycles. The van der Waals surface area contributed by atoms with Gasteiger partial charge in [0.25, 0.3) is 5.69 Å². The molecule has 0 aliphatic heterocycles. The Labute approximate surface area is 96.0 Å². The number of rotatable bonds is 6. The summed E-state index contributed by atoms with van der Waals surface area (Å²) in [4.78, 5) is 11.7. The Kier molecular flexibility index (Phi) is 4.92. The standard InChI is InChI=1S/C12H18N2O2/c1-3-4-8-13(2)10-11-6-5-7-12(9-11)14(15)16/h5-7,9H,3-4,8,10H2,1-2H3/p+1. The van der Waals surface area contributed by atoms with Gasteiger partial charge >= 0.3 is 0 Å². The molecular weight excluding hydrogens is 204 g/mol. The highest BCUT2D eigenvalue weighted by Crippen LogP contribution is 2.11. The van der Waals surface area contributed by atoms with Crippen molar-refractivity contribution in [3.05, 3.63) is 39.9 Å². The van der Waals surface area contributed by atoms with Crippen molar-refractivity contribution in [3.63, 3.8) is 0 Å². The summed E-state index contributed by atoms with van der Waals surface area (Å²) in [5.41, 5.74) is 1.21. The normalized spacial score (nSPS) is 12.4. The number of nitro benzene ring substituents is 1. The number of hydrogen-bond donors (Lipinski definition) is 1. The quantitative estimate of drug-likeness (QED) is 0.585. The van der Waals surface area contributed by atoms with Crippen LogP contribution in [0.15, 0.2) is 24.3 Å². The molecule has 1 rings (SSSR count). The van der Waals surface area contributed by atoms with Crippen LogP contribution in [-0.4, -0.2) is 18.5 Å². The van der Waals surface area contributed by atoms with E-state index < -0.39 is 0 Å². The largest absolute Gasteiger partial charge is 0.334 e. The first-order valence-electron chi connectivity index (χ1n) is 5.68. The van der Waals surface area contributed by atoms with Gasteiger partial charge in [0.15, 0.2) is 0 Å². The van der Waals surface area contributed by atoms with Crippen LogP contribution in [0.5, 0.6) is 0 Å². The molecular formula is C12H19N2O2+. The van der Waals surface area contributed by atoms with Crippen LogP contribution in [0.25, 0.3) is 0 Å². The number of benzene rings is 1. The van der Waals surface area contributed by atoms with E-state index in [1.807, 2.05) is 6.07 Å². The van der Waals surface area contributed by atoms with Crippen molar-refractivity contribution in [2.45, 2.75) is 26.3 Å². The second-order valence-electron chi connectivity index (χ2n) is 4.16. The van der Waals surface area contributed by atoms with Gasteiger partial charge < -0.3 is 4.90 Å². The molecule has 1 aromatic carbocycles. The predicted octanol–water partition coefficient (Wildman–Crippen LogP) is 1.41. The average molecular weight is 223 g/mol. The lowest BCUT2D eigenvalue weighted by atomic mass is 10.2. The molecule has 0 spiro atoms. The van der Waals surface area contributed by atoms with Crippen molar-refractivity contribution in [1.82, 2.24) is 0 Å². The van der Waals surface area contributed by atoms with Crippen LogP contribution in [0.3, 0.4) is 0 Å². The zero-order valence-electron chi connectivity index (χ0n) is 9.90. The van der Waals surface area contributed by atoms with Crippen molar-refractivity contribution < 1.29 is 9.82 Å². The fourth-order valence-corrected chi connectivity index (χ4v) is 1.70. The number of hydrogen-bond acceptors (Lipinski definition) is 2. The van der Waals surface area contributed by atoms with Crippen LogP contribution >= 0.6 is 0 Å². The highest BCUT2D eigenvalue weighted by atomic mass is 16.6. The molecule has 0 bridgehead atoms. The lowest BCUT2D eigenvalue weighted by Crippen LogP contribution is -3.07. The highest BCUT2D eigenvalue weighted by molar-refractivity contribution is 5.33. The monoisotopic (exact) mass is 223 g/mol. The molecule has 4 heteroatoms. The molecule has 0 amide bonds. The minimum atomic E-state index is -0.342. The summed E-state index contributed by atoms with van der Waals surface area (Å²) in [5.74, 6) is 0. The van der Waals surface area contributed by atoms with Gasteiger partial charge in [0.05, 0.1) is 18.5 Å². The number of nitrogens with zero attached hydrogens (tertiary/aromatic N) is 1. The second-order valence-corrected chi connectivity index (χ2v) is 4.16.